The van der Waals surface area contributed by atoms with Crippen molar-refractivity contribution in [3.05, 3.63) is 18.5 Å². The lowest BCUT2D eigenvalue weighted by Crippen LogP contribution is -2.33. The van der Waals surface area contributed by atoms with Crippen molar-refractivity contribution in [2.24, 2.45) is 0 Å². The minimum Gasteiger partial charge on any atom is -0.396 e. The van der Waals surface area contributed by atoms with Gasteiger partial charge in [0.05, 0.1) is 27.6 Å². The zero-order valence-corrected chi connectivity index (χ0v) is 9.38. The first-order chi connectivity index (χ1) is 7.07. The quantitative estimate of drug-likeness (QED) is 0.755. The maximum absolute atomic E-state index is 11.9. The maximum atomic E-state index is 11.9. The molecule has 0 aliphatic heterocycles. The summed E-state index contributed by atoms with van der Waals surface area (Å²) in [6, 6.07) is 1.56. The second-order valence-electron chi connectivity index (χ2n) is 2.97. The average molecular weight is 227 g/mol. The summed E-state index contributed by atoms with van der Waals surface area (Å²) in [5.74, 6) is -0.274. The fourth-order valence-electron chi connectivity index (χ4n) is 1.07. The number of anilines is 1. The number of rotatable bonds is 3. The van der Waals surface area contributed by atoms with Gasteiger partial charge in [-0.25, -0.2) is 0 Å². The third-order valence-electron chi connectivity index (χ3n) is 1.96. The largest absolute Gasteiger partial charge is 0.396 e. The van der Waals surface area contributed by atoms with E-state index in [1.54, 1.807) is 13.0 Å². The first-order valence-corrected chi connectivity index (χ1v) is 5.61. The van der Waals surface area contributed by atoms with Gasteiger partial charge in [0.15, 0.2) is 0 Å². The van der Waals surface area contributed by atoms with Crippen LogP contribution < -0.4 is 11.1 Å². The Bertz CT molecular complexity index is 395. The molecule has 5 nitrogen and oxygen atoms in total. The molecule has 3 N–H and O–H groups in total. The van der Waals surface area contributed by atoms with Crippen LogP contribution in [0.3, 0.4) is 0 Å². The predicted octanol–water partition coefficient (Wildman–Crippen LogP) is -0.0941. The number of hydrogen-bond donors (Lipinski definition) is 2. The number of hydrogen-bond acceptors (Lipinski definition) is 4. The van der Waals surface area contributed by atoms with E-state index >= 15 is 0 Å². The fraction of sp³-hybridized carbons (Fsp3) is 0.333. The number of nitrogen functional groups attached to an aromatic ring is 1. The Labute approximate surface area is 90.5 Å². The third kappa shape index (κ3) is 2.53. The molecule has 0 aliphatic carbocycles. The second-order valence-corrected chi connectivity index (χ2v) is 4.71. The van der Waals surface area contributed by atoms with Crippen LogP contribution in [-0.4, -0.2) is 27.4 Å². The number of amides is 1. The smallest absolute Gasteiger partial charge is 0.235 e. The first-order valence-electron chi connectivity index (χ1n) is 4.39. The van der Waals surface area contributed by atoms with Crippen molar-refractivity contribution >= 4 is 22.4 Å². The van der Waals surface area contributed by atoms with E-state index in [0.717, 1.165) is 0 Å². The summed E-state index contributed by atoms with van der Waals surface area (Å²) >= 11 is 0. The predicted molar refractivity (Wildman–Crippen MR) is 58.6 cm³/mol. The molecule has 2 unspecified atom stereocenters. The molecule has 0 bridgehead atoms. The summed E-state index contributed by atoms with van der Waals surface area (Å²) in [5, 5.41) is 1.82. The molecule has 1 aromatic rings. The molecule has 0 aromatic carbocycles. The van der Waals surface area contributed by atoms with E-state index in [9.17, 15) is 9.00 Å². The molecular formula is C9H13N3O2S. The van der Waals surface area contributed by atoms with E-state index in [0.29, 0.717) is 10.6 Å². The molecule has 1 rings (SSSR count). The van der Waals surface area contributed by atoms with Crippen LogP contribution in [0.25, 0.3) is 0 Å². The van der Waals surface area contributed by atoms with Gasteiger partial charge < -0.3 is 11.1 Å². The van der Waals surface area contributed by atoms with Crippen molar-refractivity contribution in [2.75, 3.05) is 12.8 Å². The van der Waals surface area contributed by atoms with Gasteiger partial charge in [-0.1, -0.05) is 0 Å². The summed E-state index contributed by atoms with van der Waals surface area (Å²) in [6.45, 7) is 1.59. The van der Waals surface area contributed by atoms with Crippen LogP contribution in [-0.2, 0) is 15.6 Å². The minimum atomic E-state index is -1.45. The molecular weight excluding hydrogens is 214 g/mol. The van der Waals surface area contributed by atoms with Crippen molar-refractivity contribution in [3.63, 3.8) is 0 Å². The Morgan fingerprint density at radius 3 is 2.87 bits per heavy atom. The molecule has 6 heteroatoms. The zero-order chi connectivity index (χ0) is 11.4. The highest BCUT2D eigenvalue weighted by Gasteiger charge is 2.21. The van der Waals surface area contributed by atoms with Crippen molar-refractivity contribution in [1.29, 1.82) is 0 Å². The van der Waals surface area contributed by atoms with Crippen molar-refractivity contribution in [1.82, 2.24) is 10.3 Å². The molecule has 0 spiro atoms. The van der Waals surface area contributed by atoms with Crippen molar-refractivity contribution in [3.8, 4) is 0 Å². The van der Waals surface area contributed by atoms with E-state index in [1.807, 2.05) is 0 Å². The molecule has 0 aliphatic rings. The Morgan fingerprint density at radius 1 is 1.67 bits per heavy atom. The number of nitrogens with two attached hydrogens (primary N) is 1. The molecule has 1 amide bonds. The van der Waals surface area contributed by atoms with Gasteiger partial charge >= 0.3 is 0 Å². The highest BCUT2D eigenvalue weighted by molar-refractivity contribution is 7.86. The number of carbonyl (C=O) groups excluding carboxylic acids is 1. The number of nitrogens with one attached hydrogen (secondary N) is 1. The molecule has 82 valence electrons. The topological polar surface area (TPSA) is 85.1 Å². The van der Waals surface area contributed by atoms with E-state index in [1.165, 1.54) is 19.4 Å². The molecule has 2 atom stereocenters. The number of carbonyl (C=O) groups is 1. The van der Waals surface area contributed by atoms with Gasteiger partial charge in [-0.05, 0) is 13.0 Å². The summed E-state index contributed by atoms with van der Waals surface area (Å²) in [5.41, 5.74) is 5.95. The average Bonchev–Trinajstić information content (AvgIpc) is 2.26. The monoisotopic (exact) mass is 227 g/mol. The van der Waals surface area contributed by atoms with Crippen LogP contribution >= 0.6 is 0 Å². The summed E-state index contributed by atoms with van der Waals surface area (Å²) in [6.07, 6.45) is 2.92. The standard InChI is InChI=1S/C9H13N3O2S/c1-6(9(13)11-2)15(14)8-3-4-12-5-7(8)10/h3-6H,10H2,1-2H3,(H,11,13). The SMILES string of the molecule is CNC(=O)C(C)S(=O)c1ccncc1N. The molecule has 0 saturated heterocycles. The van der Waals surface area contributed by atoms with Gasteiger partial charge in [-0.15, -0.1) is 0 Å². The lowest BCUT2D eigenvalue weighted by atomic mass is 10.4. The van der Waals surface area contributed by atoms with Crippen LogP contribution in [0.4, 0.5) is 5.69 Å². The van der Waals surface area contributed by atoms with Crippen LogP contribution in [0.15, 0.2) is 23.4 Å². The van der Waals surface area contributed by atoms with Gasteiger partial charge in [-0.2, -0.15) is 0 Å². The summed E-state index contributed by atoms with van der Waals surface area (Å²) in [7, 11) is 0.0591. The van der Waals surface area contributed by atoms with Crippen LogP contribution in [0.2, 0.25) is 0 Å². The normalized spacial score (nSPS) is 14.3. The second kappa shape index (κ2) is 4.88. The van der Waals surface area contributed by atoms with Crippen molar-refractivity contribution in [2.45, 2.75) is 17.1 Å². The Kier molecular flexibility index (Phi) is 3.79. The molecule has 0 radical (unpaired) electrons. The van der Waals surface area contributed by atoms with Gasteiger partial charge in [0, 0.05) is 13.2 Å². The van der Waals surface area contributed by atoms with E-state index in [2.05, 4.69) is 10.3 Å². The van der Waals surface area contributed by atoms with Crippen LogP contribution in [0.1, 0.15) is 6.92 Å². The lowest BCUT2D eigenvalue weighted by Gasteiger charge is -2.10. The molecule has 0 saturated carbocycles. The highest BCUT2D eigenvalue weighted by Crippen LogP contribution is 2.17. The summed E-state index contributed by atoms with van der Waals surface area (Å²) < 4.78 is 11.9. The van der Waals surface area contributed by atoms with E-state index < -0.39 is 16.0 Å². The van der Waals surface area contributed by atoms with Gasteiger partial charge in [0.25, 0.3) is 0 Å². The Morgan fingerprint density at radius 2 is 2.33 bits per heavy atom. The third-order valence-corrected chi connectivity index (χ3v) is 3.63. The first kappa shape index (κ1) is 11.6. The van der Waals surface area contributed by atoms with Crippen LogP contribution in [0, 0.1) is 0 Å². The highest BCUT2D eigenvalue weighted by atomic mass is 32.2. The lowest BCUT2D eigenvalue weighted by molar-refractivity contribution is -0.119. The van der Waals surface area contributed by atoms with Crippen LogP contribution in [0.5, 0.6) is 0 Å². The summed E-state index contributed by atoms with van der Waals surface area (Å²) in [4.78, 5) is 15.5. The number of nitrogens with zero attached hydrogens (tertiary/aromatic N) is 1. The Hall–Kier alpha value is -1.43. The van der Waals surface area contributed by atoms with Gasteiger partial charge in [-0.3, -0.25) is 14.0 Å². The zero-order valence-electron chi connectivity index (χ0n) is 8.56. The van der Waals surface area contributed by atoms with E-state index in [-0.39, 0.29) is 5.91 Å². The van der Waals surface area contributed by atoms with E-state index in [4.69, 9.17) is 5.73 Å². The maximum Gasteiger partial charge on any atom is 0.235 e. The Balaban J connectivity index is 2.95. The fourth-order valence-corrected chi connectivity index (χ4v) is 2.24. The molecule has 1 aromatic heterocycles. The molecule has 0 fully saturated rings. The molecule has 1 heterocycles. The van der Waals surface area contributed by atoms with Gasteiger partial charge in [0.1, 0.15) is 5.25 Å². The minimum absolute atomic E-state index is 0.274. The van der Waals surface area contributed by atoms with Gasteiger partial charge in [0.2, 0.25) is 5.91 Å². The molecule has 15 heavy (non-hydrogen) atoms. The van der Waals surface area contributed by atoms with Crippen molar-refractivity contribution < 1.29 is 9.00 Å². The number of aromatic nitrogens is 1. The number of pyridine rings is 1.